The van der Waals surface area contributed by atoms with Crippen molar-refractivity contribution in [1.29, 1.82) is 0 Å². The number of halogens is 1. The Labute approximate surface area is 144 Å². The van der Waals surface area contributed by atoms with Gasteiger partial charge in [-0.1, -0.05) is 19.9 Å². The summed E-state index contributed by atoms with van der Waals surface area (Å²) in [5, 5.41) is 13.3. The average Bonchev–Trinajstić information content (AvgIpc) is 3.22. The predicted octanol–water partition coefficient (Wildman–Crippen LogP) is 2.08. The number of aromatic nitrogens is 3. The number of hydrogen-bond acceptors (Lipinski definition) is 4. The van der Waals surface area contributed by atoms with Gasteiger partial charge in [0.05, 0.1) is 11.6 Å². The molecule has 1 amide bonds. The van der Waals surface area contributed by atoms with E-state index < -0.39 is 23.6 Å². The summed E-state index contributed by atoms with van der Waals surface area (Å²) in [4.78, 5) is 29.5. The number of likely N-dealkylation sites (tertiary alicyclic amines) is 1. The lowest BCUT2D eigenvalue weighted by atomic mass is 10.1. The zero-order valence-electron chi connectivity index (χ0n) is 14.0. The van der Waals surface area contributed by atoms with Crippen molar-refractivity contribution in [1.82, 2.24) is 19.7 Å². The van der Waals surface area contributed by atoms with Gasteiger partial charge in [0.25, 0.3) is 5.91 Å². The maximum absolute atomic E-state index is 13.5. The number of benzene rings is 1. The fourth-order valence-electron chi connectivity index (χ4n) is 2.87. The summed E-state index contributed by atoms with van der Waals surface area (Å²) < 4.78 is 15.0. The van der Waals surface area contributed by atoms with Gasteiger partial charge < -0.3 is 10.0 Å². The van der Waals surface area contributed by atoms with Gasteiger partial charge in [-0.25, -0.2) is 14.1 Å². The number of amides is 1. The molecule has 0 aliphatic carbocycles. The van der Waals surface area contributed by atoms with Gasteiger partial charge in [0, 0.05) is 19.0 Å². The summed E-state index contributed by atoms with van der Waals surface area (Å²) in [6, 6.07) is 5.91. The van der Waals surface area contributed by atoms with Crippen LogP contribution in [0.1, 0.15) is 42.6 Å². The Morgan fingerprint density at radius 2 is 2.12 bits per heavy atom. The summed E-state index contributed by atoms with van der Waals surface area (Å²) in [5.74, 6) is -1.75. The van der Waals surface area contributed by atoms with Crippen LogP contribution in [0.3, 0.4) is 0 Å². The standard InChI is InChI=1S/C17H19FN4O3/c1-10(2)15-19-14(16(23)21-7-6-11(9-21)17(24)25)20-22(15)13-5-3-4-12(18)8-13/h3-5,8,10-11H,6-7,9H2,1-2H3,(H,24,25). The van der Waals surface area contributed by atoms with Gasteiger partial charge in [-0.05, 0) is 24.6 Å². The highest BCUT2D eigenvalue weighted by Crippen LogP contribution is 2.21. The first-order valence-electron chi connectivity index (χ1n) is 8.11. The van der Waals surface area contributed by atoms with Crippen molar-refractivity contribution in [2.45, 2.75) is 26.2 Å². The molecule has 0 radical (unpaired) electrons. The molecule has 8 heteroatoms. The van der Waals surface area contributed by atoms with Crippen molar-refractivity contribution in [3.8, 4) is 5.69 Å². The van der Waals surface area contributed by atoms with E-state index in [1.165, 1.54) is 21.7 Å². The summed E-state index contributed by atoms with van der Waals surface area (Å²) in [7, 11) is 0. The van der Waals surface area contributed by atoms with E-state index in [9.17, 15) is 14.0 Å². The van der Waals surface area contributed by atoms with Crippen LogP contribution in [0, 0.1) is 11.7 Å². The molecule has 1 N–H and O–H groups in total. The van der Waals surface area contributed by atoms with E-state index in [1.807, 2.05) is 13.8 Å². The third kappa shape index (κ3) is 3.38. The van der Waals surface area contributed by atoms with Crippen LogP contribution in [0.15, 0.2) is 24.3 Å². The van der Waals surface area contributed by atoms with Gasteiger partial charge in [0.2, 0.25) is 5.82 Å². The van der Waals surface area contributed by atoms with Gasteiger partial charge >= 0.3 is 5.97 Å². The van der Waals surface area contributed by atoms with Crippen LogP contribution in [0.4, 0.5) is 4.39 Å². The van der Waals surface area contributed by atoms with Crippen LogP contribution >= 0.6 is 0 Å². The summed E-state index contributed by atoms with van der Waals surface area (Å²) in [5.41, 5.74) is 0.486. The Hall–Kier alpha value is -2.77. The van der Waals surface area contributed by atoms with Crippen LogP contribution in [-0.4, -0.2) is 49.7 Å². The van der Waals surface area contributed by atoms with Gasteiger partial charge in [-0.3, -0.25) is 9.59 Å². The Morgan fingerprint density at radius 3 is 2.72 bits per heavy atom. The van der Waals surface area contributed by atoms with E-state index in [4.69, 9.17) is 5.11 Å². The molecule has 1 aliphatic heterocycles. The van der Waals surface area contributed by atoms with Gasteiger partial charge in [-0.15, -0.1) is 5.10 Å². The highest BCUT2D eigenvalue weighted by molar-refractivity contribution is 5.91. The predicted molar refractivity (Wildman–Crippen MR) is 87.1 cm³/mol. The quantitative estimate of drug-likeness (QED) is 0.916. The highest BCUT2D eigenvalue weighted by atomic mass is 19.1. The molecule has 0 saturated carbocycles. The van der Waals surface area contributed by atoms with E-state index in [-0.39, 0.29) is 18.3 Å². The molecule has 3 rings (SSSR count). The van der Waals surface area contributed by atoms with Crippen LogP contribution in [0.5, 0.6) is 0 Å². The summed E-state index contributed by atoms with van der Waals surface area (Å²) in [6.07, 6.45) is 0.419. The number of aliphatic carboxylic acids is 1. The number of nitrogens with zero attached hydrogens (tertiary/aromatic N) is 4. The molecular formula is C17H19FN4O3. The third-order valence-corrected chi connectivity index (χ3v) is 4.22. The van der Waals surface area contributed by atoms with Crippen LogP contribution in [0.25, 0.3) is 5.69 Å². The summed E-state index contributed by atoms with van der Waals surface area (Å²) in [6.45, 7) is 4.33. The van der Waals surface area contributed by atoms with Crippen LogP contribution < -0.4 is 0 Å². The molecule has 25 heavy (non-hydrogen) atoms. The molecule has 1 saturated heterocycles. The molecular weight excluding hydrogens is 327 g/mol. The minimum Gasteiger partial charge on any atom is -0.481 e. The van der Waals surface area contributed by atoms with Crippen LogP contribution in [0.2, 0.25) is 0 Å². The lowest BCUT2D eigenvalue weighted by molar-refractivity contribution is -0.141. The van der Waals surface area contributed by atoms with E-state index in [0.29, 0.717) is 24.5 Å². The Balaban J connectivity index is 1.92. The van der Waals surface area contributed by atoms with E-state index in [0.717, 1.165) is 0 Å². The first-order chi connectivity index (χ1) is 11.9. The monoisotopic (exact) mass is 346 g/mol. The second-order valence-corrected chi connectivity index (χ2v) is 6.41. The molecule has 2 heterocycles. The third-order valence-electron chi connectivity index (χ3n) is 4.22. The average molecular weight is 346 g/mol. The van der Waals surface area contributed by atoms with Gasteiger partial charge in [-0.2, -0.15) is 0 Å². The maximum atomic E-state index is 13.5. The Bertz CT molecular complexity index is 818. The van der Waals surface area contributed by atoms with Gasteiger partial charge in [0.15, 0.2) is 0 Å². The number of rotatable bonds is 4. The molecule has 2 aromatic rings. The molecule has 1 atom stereocenters. The molecule has 1 aromatic heterocycles. The van der Waals surface area contributed by atoms with Crippen molar-refractivity contribution < 1.29 is 19.1 Å². The first kappa shape index (κ1) is 17.1. The normalized spacial score (nSPS) is 17.3. The fraction of sp³-hybridized carbons (Fsp3) is 0.412. The highest BCUT2D eigenvalue weighted by Gasteiger charge is 2.33. The smallest absolute Gasteiger partial charge is 0.308 e. The molecule has 1 fully saturated rings. The maximum Gasteiger partial charge on any atom is 0.308 e. The number of carbonyl (C=O) groups excluding carboxylic acids is 1. The molecule has 1 aliphatic rings. The minimum atomic E-state index is -0.906. The van der Waals surface area contributed by atoms with E-state index >= 15 is 0 Å². The van der Waals surface area contributed by atoms with Crippen LogP contribution in [-0.2, 0) is 4.79 Å². The number of carboxylic acid groups (broad SMARTS) is 1. The van der Waals surface area contributed by atoms with E-state index in [2.05, 4.69) is 10.1 Å². The van der Waals surface area contributed by atoms with Crippen molar-refractivity contribution in [3.05, 3.63) is 41.7 Å². The summed E-state index contributed by atoms with van der Waals surface area (Å²) >= 11 is 0. The van der Waals surface area contributed by atoms with Crippen molar-refractivity contribution in [3.63, 3.8) is 0 Å². The Kier molecular flexibility index (Phi) is 4.52. The molecule has 0 bridgehead atoms. The van der Waals surface area contributed by atoms with E-state index in [1.54, 1.807) is 12.1 Å². The second kappa shape index (κ2) is 6.62. The molecule has 0 spiro atoms. The molecule has 1 unspecified atom stereocenters. The number of hydrogen-bond donors (Lipinski definition) is 1. The molecule has 7 nitrogen and oxygen atoms in total. The zero-order valence-corrected chi connectivity index (χ0v) is 14.0. The number of carbonyl (C=O) groups is 2. The number of carboxylic acids is 1. The van der Waals surface area contributed by atoms with Gasteiger partial charge in [0.1, 0.15) is 11.6 Å². The second-order valence-electron chi connectivity index (χ2n) is 6.41. The fourth-order valence-corrected chi connectivity index (χ4v) is 2.87. The molecule has 1 aromatic carbocycles. The van der Waals surface area contributed by atoms with Crippen molar-refractivity contribution >= 4 is 11.9 Å². The Morgan fingerprint density at radius 1 is 1.36 bits per heavy atom. The van der Waals surface area contributed by atoms with Crippen molar-refractivity contribution in [2.75, 3.05) is 13.1 Å². The SMILES string of the molecule is CC(C)c1nc(C(=O)N2CCC(C(=O)O)C2)nn1-c1cccc(F)c1. The lowest BCUT2D eigenvalue weighted by Crippen LogP contribution is -2.30. The minimum absolute atomic E-state index is 0.000926. The van der Waals surface area contributed by atoms with Crippen molar-refractivity contribution in [2.24, 2.45) is 5.92 Å². The molecule has 132 valence electrons. The lowest BCUT2D eigenvalue weighted by Gasteiger charge is -2.13. The topological polar surface area (TPSA) is 88.3 Å². The zero-order chi connectivity index (χ0) is 18.1. The first-order valence-corrected chi connectivity index (χ1v) is 8.11. The largest absolute Gasteiger partial charge is 0.481 e.